The minimum Gasteiger partial charge on any atom is -0.468 e. The van der Waals surface area contributed by atoms with Crippen molar-refractivity contribution in [2.24, 2.45) is 0 Å². The third-order valence-electron chi connectivity index (χ3n) is 5.19. The number of nitrogens with zero attached hydrogens (tertiary/aromatic N) is 1. The van der Waals surface area contributed by atoms with E-state index in [4.69, 9.17) is 4.42 Å². The lowest BCUT2D eigenvalue weighted by molar-refractivity contribution is 0.150. The molecule has 0 aliphatic heterocycles. The lowest BCUT2D eigenvalue weighted by Crippen LogP contribution is -2.30. The summed E-state index contributed by atoms with van der Waals surface area (Å²) >= 11 is 0. The van der Waals surface area contributed by atoms with Gasteiger partial charge in [-0.2, -0.15) is 0 Å². The Labute approximate surface area is 148 Å². The molecule has 3 aromatic rings. The first-order valence-corrected chi connectivity index (χ1v) is 9.24. The van der Waals surface area contributed by atoms with Crippen molar-refractivity contribution in [1.82, 2.24) is 9.88 Å². The van der Waals surface area contributed by atoms with Gasteiger partial charge in [-0.3, -0.25) is 0 Å². The fraction of sp³-hybridized carbons (Fsp3) is 0.429. The molecule has 0 amide bonds. The predicted molar refractivity (Wildman–Crippen MR) is 99.7 cm³/mol. The Kier molecular flexibility index (Phi) is 4.64. The van der Waals surface area contributed by atoms with Crippen LogP contribution in [-0.2, 0) is 25.9 Å². The molecule has 1 aliphatic carbocycles. The standard InChI is InChI=1S/C21H26N2O2/c1-15-8-9-21-19(11-15)18-6-2-3-7-20(18)23(21)14-16(24)12-22-13-17-5-4-10-25-17/h4-5,8-11,16,22,24H,2-3,6-7,12-14H2,1H3/t16-/m1/s1. The normalized spacial score (nSPS) is 15.4. The molecule has 4 rings (SSSR count). The van der Waals surface area contributed by atoms with Gasteiger partial charge in [-0.1, -0.05) is 11.6 Å². The number of aryl methyl sites for hydroxylation is 2. The molecule has 1 aromatic carbocycles. The maximum atomic E-state index is 10.6. The maximum absolute atomic E-state index is 10.6. The number of hydrogen-bond donors (Lipinski definition) is 2. The smallest absolute Gasteiger partial charge is 0.117 e. The van der Waals surface area contributed by atoms with Crippen LogP contribution in [-0.4, -0.2) is 22.3 Å². The molecule has 4 heteroatoms. The SMILES string of the molecule is Cc1ccc2c(c1)c1c(n2C[C@H](O)CNCc2ccco2)CCCC1. The van der Waals surface area contributed by atoms with E-state index in [-0.39, 0.29) is 0 Å². The van der Waals surface area contributed by atoms with Gasteiger partial charge in [0.25, 0.3) is 0 Å². The van der Waals surface area contributed by atoms with Gasteiger partial charge in [0.15, 0.2) is 0 Å². The molecule has 0 unspecified atom stereocenters. The van der Waals surface area contributed by atoms with E-state index >= 15 is 0 Å². The highest BCUT2D eigenvalue weighted by Gasteiger charge is 2.21. The van der Waals surface area contributed by atoms with Gasteiger partial charge in [0.1, 0.15) is 5.76 Å². The molecule has 0 bridgehead atoms. The molecule has 2 heterocycles. The first-order chi connectivity index (χ1) is 12.2. The number of fused-ring (bicyclic) bond motifs is 3. The van der Waals surface area contributed by atoms with E-state index in [0.29, 0.717) is 19.6 Å². The van der Waals surface area contributed by atoms with E-state index in [1.165, 1.54) is 40.6 Å². The minimum atomic E-state index is -0.419. The second kappa shape index (κ2) is 7.06. The van der Waals surface area contributed by atoms with Crippen LogP contribution >= 0.6 is 0 Å². The highest BCUT2D eigenvalue weighted by molar-refractivity contribution is 5.86. The van der Waals surface area contributed by atoms with Crippen LogP contribution in [0.2, 0.25) is 0 Å². The highest BCUT2D eigenvalue weighted by atomic mass is 16.3. The number of aliphatic hydroxyl groups excluding tert-OH is 1. The summed E-state index contributed by atoms with van der Waals surface area (Å²) in [5.74, 6) is 0.895. The number of furan rings is 1. The van der Waals surface area contributed by atoms with Crippen LogP contribution in [0.5, 0.6) is 0 Å². The van der Waals surface area contributed by atoms with Crippen molar-refractivity contribution in [2.75, 3.05) is 6.54 Å². The fourth-order valence-electron chi connectivity index (χ4n) is 4.01. The second-order valence-electron chi connectivity index (χ2n) is 7.13. The van der Waals surface area contributed by atoms with E-state index < -0.39 is 6.10 Å². The quantitative estimate of drug-likeness (QED) is 0.722. The van der Waals surface area contributed by atoms with Gasteiger partial charge in [-0.15, -0.1) is 0 Å². The summed E-state index contributed by atoms with van der Waals surface area (Å²) in [5, 5.41) is 15.2. The molecular weight excluding hydrogens is 312 g/mol. The molecule has 25 heavy (non-hydrogen) atoms. The van der Waals surface area contributed by atoms with Crippen molar-refractivity contribution in [3.8, 4) is 0 Å². The zero-order valence-electron chi connectivity index (χ0n) is 14.8. The average molecular weight is 338 g/mol. The van der Waals surface area contributed by atoms with Gasteiger partial charge in [-0.25, -0.2) is 0 Å². The number of hydrogen-bond acceptors (Lipinski definition) is 3. The van der Waals surface area contributed by atoms with Crippen LogP contribution in [0.4, 0.5) is 0 Å². The molecule has 0 fully saturated rings. The molecule has 0 saturated carbocycles. The summed E-state index contributed by atoms with van der Waals surface area (Å²) in [4.78, 5) is 0. The van der Waals surface area contributed by atoms with Crippen molar-refractivity contribution in [2.45, 2.75) is 51.8 Å². The first kappa shape index (κ1) is 16.4. The number of nitrogens with one attached hydrogen (secondary N) is 1. The molecule has 1 aliphatic rings. The third kappa shape index (κ3) is 3.37. The van der Waals surface area contributed by atoms with Gasteiger partial charge >= 0.3 is 0 Å². The van der Waals surface area contributed by atoms with Gasteiger partial charge in [0.05, 0.1) is 25.5 Å². The number of aromatic nitrogens is 1. The molecule has 1 atom stereocenters. The van der Waals surface area contributed by atoms with E-state index in [9.17, 15) is 5.11 Å². The Morgan fingerprint density at radius 1 is 1.24 bits per heavy atom. The number of aliphatic hydroxyl groups is 1. The summed E-state index contributed by atoms with van der Waals surface area (Å²) in [6, 6.07) is 10.5. The van der Waals surface area contributed by atoms with Gasteiger partial charge in [0, 0.05) is 23.1 Å². The van der Waals surface area contributed by atoms with E-state index in [1.807, 2.05) is 12.1 Å². The largest absolute Gasteiger partial charge is 0.468 e. The third-order valence-corrected chi connectivity index (χ3v) is 5.19. The maximum Gasteiger partial charge on any atom is 0.117 e. The highest BCUT2D eigenvalue weighted by Crippen LogP contribution is 2.33. The summed E-state index contributed by atoms with van der Waals surface area (Å²) in [6.07, 6.45) is 6.05. The van der Waals surface area contributed by atoms with Gasteiger partial charge in [-0.05, 0) is 62.4 Å². The number of benzene rings is 1. The molecule has 4 nitrogen and oxygen atoms in total. The Morgan fingerprint density at radius 3 is 2.96 bits per heavy atom. The van der Waals surface area contributed by atoms with Crippen LogP contribution in [0.3, 0.4) is 0 Å². The summed E-state index contributed by atoms with van der Waals surface area (Å²) in [7, 11) is 0. The van der Waals surface area contributed by atoms with Crippen molar-refractivity contribution < 1.29 is 9.52 Å². The van der Waals surface area contributed by atoms with Crippen LogP contribution in [0, 0.1) is 6.92 Å². The van der Waals surface area contributed by atoms with E-state index in [2.05, 4.69) is 35.0 Å². The monoisotopic (exact) mass is 338 g/mol. The van der Waals surface area contributed by atoms with Crippen molar-refractivity contribution in [3.63, 3.8) is 0 Å². The summed E-state index contributed by atoms with van der Waals surface area (Å²) < 4.78 is 7.66. The molecule has 132 valence electrons. The van der Waals surface area contributed by atoms with Crippen molar-refractivity contribution >= 4 is 10.9 Å². The lowest BCUT2D eigenvalue weighted by Gasteiger charge is -2.19. The van der Waals surface area contributed by atoms with E-state index in [1.54, 1.807) is 6.26 Å². The Morgan fingerprint density at radius 2 is 2.12 bits per heavy atom. The molecular formula is C21H26N2O2. The second-order valence-corrected chi connectivity index (χ2v) is 7.13. The molecule has 2 aromatic heterocycles. The summed E-state index contributed by atoms with van der Waals surface area (Å²) in [5.41, 5.74) is 5.50. The topological polar surface area (TPSA) is 50.3 Å². The predicted octanol–water partition coefficient (Wildman–Crippen LogP) is 3.57. The van der Waals surface area contributed by atoms with Crippen LogP contribution < -0.4 is 5.32 Å². The average Bonchev–Trinajstić information content (AvgIpc) is 3.22. The molecule has 0 radical (unpaired) electrons. The first-order valence-electron chi connectivity index (χ1n) is 9.24. The van der Waals surface area contributed by atoms with Gasteiger partial charge < -0.3 is 19.4 Å². The van der Waals surface area contributed by atoms with Crippen molar-refractivity contribution in [3.05, 3.63) is 59.2 Å². The van der Waals surface area contributed by atoms with Crippen LogP contribution in [0.25, 0.3) is 10.9 Å². The zero-order valence-corrected chi connectivity index (χ0v) is 14.8. The summed E-state index contributed by atoms with van der Waals surface area (Å²) in [6.45, 7) is 3.99. The molecule has 2 N–H and O–H groups in total. The Balaban J connectivity index is 1.52. The lowest BCUT2D eigenvalue weighted by atomic mass is 9.95. The van der Waals surface area contributed by atoms with Gasteiger partial charge in [0.2, 0.25) is 0 Å². The molecule has 0 spiro atoms. The van der Waals surface area contributed by atoms with Crippen LogP contribution in [0.15, 0.2) is 41.0 Å². The zero-order chi connectivity index (χ0) is 17.2. The number of rotatable bonds is 6. The molecule has 0 saturated heterocycles. The van der Waals surface area contributed by atoms with Crippen molar-refractivity contribution in [1.29, 1.82) is 0 Å². The van der Waals surface area contributed by atoms with Crippen LogP contribution in [0.1, 0.15) is 35.4 Å². The minimum absolute atomic E-state index is 0.419. The Bertz CT molecular complexity index is 849. The van der Waals surface area contributed by atoms with E-state index in [0.717, 1.165) is 18.6 Å². The Hall–Kier alpha value is -2.04. The fourth-order valence-corrected chi connectivity index (χ4v) is 4.01.